The molecule has 0 bridgehead atoms. The van der Waals surface area contributed by atoms with Gasteiger partial charge in [-0.05, 0) is 37.6 Å². The third kappa shape index (κ3) is 5.58. The summed E-state index contributed by atoms with van der Waals surface area (Å²) in [7, 11) is 3.25. The first kappa shape index (κ1) is 24.7. The van der Waals surface area contributed by atoms with Crippen LogP contribution in [-0.2, 0) is 6.54 Å². The van der Waals surface area contributed by atoms with Gasteiger partial charge in [0.1, 0.15) is 11.5 Å². The monoisotopic (exact) mass is 467 g/mol. The van der Waals surface area contributed by atoms with Crippen LogP contribution in [0.25, 0.3) is 11.0 Å². The van der Waals surface area contributed by atoms with E-state index in [1.165, 1.54) is 0 Å². The van der Waals surface area contributed by atoms with Crippen LogP contribution in [0.15, 0.2) is 36.7 Å². The van der Waals surface area contributed by atoms with Crippen LogP contribution in [0.3, 0.4) is 0 Å². The van der Waals surface area contributed by atoms with E-state index in [-0.39, 0.29) is 30.7 Å². The molecular formula is C21H27Cl2N5O3. The third-order valence-electron chi connectivity index (χ3n) is 5.22. The quantitative estimate of drug-likeness (QED) is 0.555. The lowest BCUT2D eigenvalue weighted by Gasteiger charge is -2.12. The number of nitrogens with zero attached hydrogens (tertiary/aromatic N) is 3. The molecule has 168 valence electrons. The van der Waals surface area contributed by atoms with Crippen LogP contribution < -0.4 is 20.1 Å². The zero-order chi connectivity index (χ0) is 20.2. The number of pyridine rings is 1. The fourth-order valence-corrected chi connectivity index (χ4v) is 3.60. The first-order valence-electron chi connectivity index (χ1n) is 9.72. The van der Waals surface area contributed by atoms with E-state index in [9.17, 15) is 4.79 Å². The van der Waals surface area contributed by atoms with Gasteiger partial charge in [-0.3, -0.25) is 4.79 Å². The number of hydrogen-bond donors (Lipinski definition) is 2. The van der Waals surface area contributed by atoms with Crippen LogP contribution in [0.2, 0.25) is 0 Å². The van der Waals surface area contributed by atoms with Crippen molar-refractivity contribution in [2.45, 2.75) is 25.4 Å². The number of carbonyl (C=O) groups excluding carboxylic acids is 1. The van der Waals surface area contributed by atoms with E-state index in [1.54, 1.807) is 31.3 Å². The summed E-state index contributed by atoms with van der Waals surface area (Å²) in [6.45, 7) is 2.15. The van der Waals surface area contributed by atoms with Crippen LogP contribution >= 0.6 is 24.8 Å². The Morgan fingerprint density at radius 3 is 2.77 bits per heavy atom. The predicted octanol–water partition coefficient (Wildman–Crippen LogP) is 2.82. The van der Waals surface area contributed by atoms with Crippen molar-refractivity contribution >= 4 is 41.8 Å². The highest BCUT2D eigenvalue weighted by molar-refractivity contribution is 5.96. The largest absolute Gasteiger partial charge is 0.497 e. The molecule has 1 amide bonds. The molecule has 8 nitrogen and oxygen atoms in total. The number of nitrogens with one attached hydrogen (secondary N) is 2. The molecule has 2 N–H and O–H groups in total. The zero-order valence-corrected chi connectivity index (χ0v) is 19.1. The Kier molecular flexibility index (Phi) is 8.91. The van der Waals surface area contributed by atoms with Gasteiger partial charge < -0.3 is 20.1 Å². The Balaban J connectivity index is 0.00000171. The number of benzene rings is 1. The smallest absolute Gasteiger partial charge is 0.252 e. The summed E-state index contributed by atoms with van der Waals surface area (Å²) in [5.41, 5.74) is 2.22. The normalized spacial score (nSPS) is 15.1. The van der Waals surface area contributed by atoms with Gasteiger partial charge in [0.2, 0.25) is 0 Å². The number of hydrogen-bond acceptors (Lipinski definition) is 6. The van der Waals surface area contributed by atoms with Gasteiger partial charge in [0.15, 0.2) is 5.65 Å². The summed E-state index contributed by atoms with van der Waals surface area (Å²) in [6.07, 6.45) is 5.59. The van der Waals surface area contributed by atoms with E-state index in [0.717, 1.165) is 47.5 Å². The molecule has 0 aliphatic carbocycles. The van der Waals surface area contributed by atoms with E-state index in [4.69, 9.17) is 9.47 Å². The van der Waals surface area contributed by atoms with Gasteiger partial charge in [-0.1, -0.05) is 0 Å². The predicted molar refractivity (Wildman–Crippen MR) is 124 cm³/mol. The Bertz CT molecular complexity index is 1020. The average Bonchev–Trinajstić information content (AvgIpc) is 3.42. The fraction of sp³-hybridized carbons (Fsp3) is 0.381. The maximum Gasteiger partial charge on any atom is 0.252 e. The van der Waals surface area contributed by atoms with Crippen molar-refractivity contribution in [1.29, 1.82) is 0 Å². The van der Waals surface area contributed by atoms with Gasteiger partial charge in [-0.15, -0.1) is 24.8 Å². The lowest BCUT2D eigenvalue weighted by molar-refractivity contribution is 0.0950. The minimum Gasteiger partial charge on any atom is -0.497 e. The molecule has 31 heavy (non-hydrogen) atoms. The molecule has 1 aliphatic heterocycles. The van der Waals surface area contributed by atoms with E-state index in [1.807, 2.05) is 24.3 Å². The number of amides is 1. The molecule has 2 aromatic heterocycles. The molecule has 1 fully saturated rings. The van der Waals surface area contributed by atoms with Gasteiger partial charge in [0.05, 0.1) is 32.5 Å². The van der Waals surface area contributed by atoms with Crippen LogP contribution in [-0.4, -0.2) is 54.0 Å². The standard InChI is InChI=1S/C21H25N5O3.2ClH/c1-28-18-6-5-14(19(9-18)29-2)13-26-20-15(11-25-26)8-16(10-23-20)21(27)24-12-17-4-3-7-22-17;;/h5-6,8-11,17,22H,3-4,7,12-13H2,1-2H3,(H,24,27);2*1H. The SMILES string of the molecule is COc1ccc(Cn2ncc3cc(C(=O)NCC4CCCN4)cnc32)c(OC)c1.Cl.Cl. The summed E-state index contributed by atoms with van der Waals surface area (Å²) >= 11 is 0. The summed E-state index contributed by atoms with van der Waals surface area (Å²) in [6, 6.07) is 7.87. The van der Waals surface area contributed by atoms with E-state index >= 15 is 0 Å². The first-order chi connectivity index (χ1) is 14.2. The molecule has 3 heterocycles. The molecule has 4 rings (SSSR count). The Labute approximate surface area is 193 Å². The van der Waals surface area contributed by atoms with Crippen molar-refractivity contribution in [3.8, 4) is 11.5 Å². The van der Waals surface area contributed by atoms with Crippen molar-refractivity contribution in [3.05, 3.63) is 47.8 Å². The van der Waals surface area contributed by atoms with Crippen molar-refractivity contribution < 1.29 is 14.3 Å². The Hall–Kier alpha value is -2.55. The number of methoxy groups -OCH3 is 2. The zero-order valence-electron chi connectivity index (χ0n) is 17.5. The summed E-state index contributed by atoms with van der Waals surface area (Å²) in [5, 5.41) is 11.6. The number of fused-ring (bicyclic) bond motifs is 1. The Morgan fingerprint density at radius 2 is 2.06 bits per heavy atom. The highest BCUT2D eigenvalue weighted by atomic mass is 35.5. The van der Waals surface area contributed by atoms with Crippen molar-refractivity contribution in [2.24, 2.45) is 0 Å². The molecule has 0 saturated carbocycles. The second-order valence-corrected chi connectivity index (χ2v) is 7.12. The summed E-state index contributed by atoms with van der Waals surface area (Å²) in [5.74, 6) is 1.35. The highest BCUT2D eigenvalue weighted by Gasteiger charge is 2.16. The average molecular weight is 468 g/mol. The number of ether oxygens (including phenoxy) is 2. The second-order valence-electron chi connectivity index (χ2n) is 7.12. The molecule has 0 spiro atoms. The molecule has 0 radical (unpaired) electrons. The van der Waals surface area contributed by atoms with Crippen molar-refractivity contribution in [3.63, 3.8) is 0 Å². The molecule has 1 unspecified atom stereocenters. The number of aromatic nitrogens is 3. The fourth-order valence-electron chi connectivity index (χ4n) is 3.60. The highest BCUT2D eigenvalue weighted by Crippen LogP contribution is 2.26. The molecule has 3 aromatic rings. The van der Waals surface area contributed by atoms with Crippen molar-refractivity contribution in [1.82, 2.24) is 25.4 Å². The summed E-state index contributed by atoms with van der Waals surface area (Å²) < 4.78 is 12.5. The minimum atomic E-state index is -0.113. The number of rotatable bonds is 7. The second kappa shape index (κ2) is 11.2. The lowest BCUT2D eigenvalue weighted by Crippen LogP contribution is -2.37. The number of carbonyl (C=O) groups is 1. The van der Waals surface area contributed by atoms with Crippen LogP contribution in [0, 0.1) is 0 Å². The van der Waals surface area contributed by atoms with Gasteiger partial charge >= 0.3 is 0 Å². The van der Waals surface area contributed by atoms with Gasteiger partial charge in [0.25, 0.3) is 5.91 Å². The maximum atomic E-state index is 12.5. The van der Waals surface area contributed by atoms with Crippen LogP contribution in [0.5, 0.6) is 11.5 Å². The molecule has 1 aliphatic rings. The van der Waals surface area contributed by atoms with Crippen LogP contribution in [0.1, 0.15) is 28.8 Å². The molecule has 10 heteroatoms. The third-order valence-corrected chi connectivity index (χ3v) is 5.22. The first-order valence-corrected chi connectivity index (χ1v) is 9.72. The minimum absolute atomic E-state index is 0. The summed E-state index contributed by atoms with van der Waals surface area (Å²) in [4.78, 5) is 16.9. The van der Waals surface area contributed by atoms with E-state index in [0.29, 0.717) is 24.7 Å². The van der Waals surface area contributed by atoms with E-state index in [2.05, 4.69) is 20.7 Å². The maximum absolute atomic E-state index is 12.5. The van der Waals surface area contributed by atoms with Gasteiger partial charge in [-0.25, -0.2) is 9.67 Å². The lowest BCUT2D eigenvalue weighted by atomic mass is 10.2. The molecule has 1 saturated heterocycles. The molecule has 1 atom stereocenters. The topological polar surface area (TPSA) is 90.3 Å². The molecular weight excluding hydrogens is 441 g/mol. The van der Waals surface area contributed by atoms with Crippen molar-refractivity contribution in [2.75, 3.05) is 27.3 Å². The number of halogens is 2. The van der Waals surface area contributed by atoms with E-state index < -0.39 is 0 Å². The van der Waals surface area contributed by atoms with Crippen LogP contribution in [0.4, 0.5) is 0 Å². The molecule has 1 aromatic carbocycles. The van der Waals surface area contributed by atoms with Gasteiger partial charge in [0, 0.05) is 35.8 Å². The van der Waals surface area contributed by atoms with Gasteiger partial charge in [-0.2, -0.15) is 5.10 Å². The Morgan fingerprint density at radius 1 is 1.23 bits per heavy atom.